The maximum absolute atomic E-state index is 12.2. The van der Waals surface area contributed by atoms with E-state index in [2.05, 4.69) is 0 Å². The number of likely N-dealkylation sites (tertiary alicyclic amines) is 1. The predicted molar refractivity (Wildman–Crippen MR) is 62.0 cm³/mol. The number of amides is 1. The van der Waals surface area contributed by atoms with Gasteiger partial charge in [0.1, 0.15) is 5.78 Å². The fourth-order valence-corrected chi connectivity index (χ4v) is 2.76. The average molecular weight is 223 g/mol. The van der Waals surface area contributed by atoms with Crippen LogP contribution >= 0.6 is 0 Å². The molecule has 1 amide bonds. The van der Waals surface area contributed by atoms with Gasteiger partial charge in [-0.05, 0) is 25.7 Å². The van der Waals surface area contributed by atoms with Gasteiger partial charge in [0.2, 0.25) is 5.91 Å². The van der Waals surface area contributed by atoms with Crippen LogP contribution in [0, 0.1) is 5.92 Å². The second kappa shape index (κ2) is 5.46. The van der Waals surface area contributed by atoms with E-state index in [1.807, 2.05) is 4.90 Å². The molecule has 2 rings (SSSR count). The lowest BCUT2D eigenvalue weighted by molar-refractivity contribution is -0.142. The minimum Gasteiger partial charge on any atom is -0.342 e. The molecule has 1 aliphatic carbocycles. The second-order valence-electron chi connectivity index (χ2n) is 5.00. The number of carbonyl (C=O) groups excluding carboxylic acids is 2. The molecule has 0 bridgehead atoms. The highest BCUT2D eigenvalue weighted by atomic mass is 16.2. The molecule has 0 aromatic rings. The van der Waals surface area contributed by atoms with Crippen molar-refractivity contribution in [3.05, 3.63) is 0 Å². The van der Waals surface area contributed by atoms with Gasteiger partial charge < -0.3 is 4.90 Å². The summed E-state index contributed by atoms with van der Waals surface area (Å²) in [7, 11) is 0. The summed E-state index contributed by atoms with van der Waals surface area (Å²) in [5, 5.41) is 0. The van der Waals surface area contributed by atoms with Crippen molar-refractivity contribution in [1.82, 2.24) is 4.90 Å². The number of hydrogen-bond acceptors (Lipinski definition) is 2. The van der Waals surface area contributed by atoms with Crippen molar-refractivity contribution in [2.24, 2.45) is 5.92 Å². The van der Waals surface area contributed by atoms with E-state index < -0.39 is 0 Å². The highest BCUT2D eigenvalue weighted by molar-refractivity contribution is 6.01. The van der Waals surface area contributed by atoms with Crippen molar-refractivity contribution in [3.63, 3.8) is 0 Å². The maximum atomic E-state index is 12.2. The second-order valence-corrected chi connectivity index (χ2v) is 5.00. The van der Waals surface area contributed by atoms with Gasteiger partial charge in [-0.1, -0.05) is 19.3 Å². The first-order chi connectivity index (χ1) is 7.79. The van der Waals surface area contributed by atoms with Gasteiger partial charge in [-0.15, -0.1) is 0 Å². The summed E-state index contributed by atoms with van der Waals surface area (Å²) in [5.41, 5.74) is 0. The number of hydrogen-bond donors (Lipinski definition) is 0. The van der Waals surface area contributed by atoms with Crippen molar-refractivity contribution in [2.45, 2.75) is 51.4 Å². The minimum atomic E-state index is -0.299. The van der Waals surface area contributed by atoms with Gasteiger partial charge in [0.15, 0.2) is 0 Å². The van der Waals surface area contributed by atoms with E-state index in [1.54, 1.807) is 0 Å². The number of nitrogens with zero attached hydrogens (tertiary/aromatic N) is 1. The Bertz CT molecular complexity index is 267. The summed E-state index contributed by atoms with van der Waals surface area (Å²) in [4.78, 5) is 25.9. The lowest BCUT2D eigenvalue weighted by atomic mass is 9.87. The molecule has 0 aromatic carbocycles. The molecule has 3 heteroatoms. The third-order valence-corrected chi connectivity index (χ3v) is 3.77. The smallest absolute Gasteiger partial charge is 0.233 e. The van der Waals surface area contributed by atoms with Gasteiger partial charge in [0.25, 0.3) is 0 Å². The van der Waals surface area contributed by atoms with E-state index in [1.165, 1.54) is 12.8 Å². The lowest BCUT2D eigenvalue weighted by Gasteiger charge is -2.27. The van der Waals surface area contributed by atoms with E-state index in [0.29, 0.717) is 6.42 Å². The Labute approximate surface area is 97.2 Å². The zero-order chi connectivity index (χ0) is 11.4. The molecule has 1 atom stereocenters. The molecule has 0 spiro atoms. The van der Waals surface area contributed by atoms with Gasteiger partial charge in [-0.3, -0.25) is 9.59 Å². The summed E-state index contributed by atoms with van der Waals surface area (Å²) in [5.74, 6) is -0.000975. The number of ketones is 1. The van der Waals surface area contributed by atoms with Crippen LogP contribution in [0.3, 0.4) is 0 Å². The predicted octanol–water partition coefficient (Wildman–Crippen LogP) is 2.15. The molecule has 0 radical (unpaired) electrons. The molecule has 1 aliphatic heterocycles. The van der Waals surface area contributed by atoms with Crippen LogP contribution in [0.4, 0.5) is 0 Å². The molecule has 0 N–H and O–H groups in total. The summed E-state index contributed by atoms with van der Waals surface area (Å²) >= 11 is 0. The number of Topliss-reactive ketones (excluding diaryl/α,β-unsaturated/α-hetero) is 1. The molecule has 2 aliphatic rings. The fourth-order valence-electron chi connectivity index (χ4n) is 2.76. The highest BCUT2D eigenvalue weighted by Crippen LogP contribution is 2.23. The summed E-state index contributed by atoms with van der Waals surface area (Å²) in [6.07, 6.45) is 8.07. The summed E-state index contributed by atoms with van der Waals surface area (Å²) in [6, 6.07) is 0. The summed E-state index contributed by atoms with van der Waals surface area (Å²) in [6.45, 7) is 1.73. The minimum absolute atomic E-state index is 0.117. The van der Waals surface area contributed by atoms with Crippen LogP contribution in [-0.4, -0.2) is 29.7 Å². The molecular weight excluding hydrogens is 202 g/mol. The Hall–Kier alpha value is -0.860. The largest absolute Gasteiger partial charge is 0.342 e. The Kier molecular flexibility index (Phi) is 3.97. The van der Waals surface area contributed by atoms with Crippen molar-refractivity contribution < 1.29 is 9.59 Å². The lowest BCUT2D eigenvalue weighted by Crippen LogP contribution is -2.41. The van der Waals surface area contributed by atoms with E-state index >= 15 is 0 Å². The third kappa shape index (κ3) is 2.63. The van der Waals surface area contributed by atoms with Crippen molar-refractivity contribution in [2.75, 3.05) is 13.1 Å². The zero-order valence-corrected chi connectivity index (χ0v) is 9.91. The van der Waals surface area contributed by atoms with Crippen molar-refractivity contribution >= 4 is 11.7 Å². The van der Waals surface area contributed by atoms with Crippen LogP contribution in [0.1, 0.15) is 51.4 Å². The average Bonchev–Trinajstić information content (AvgIpc) is 2.57. The molecular formula is C13H21NO2. The van der Waals surface area contributed by atoms with Crippen LogP contribution in [0.25, 0.3) is 0 Å². The van der Waals surface area contributed by atoms with E-state index in [-0.39, 0.29) is 17.6 Å². The van der Waals surface area contributed by atoms with Crippen molar-refractivity contribution in [1.29, 1.82) is 0 Å². The number of carbonyl (C=O) groups is 2. The normalized spacial score (nSPS) is 27.6. The van der Waals surface area contributed by atoms with Gasteiger partial charge in [0.05, 0.1) is 5.92 Å². The van der Waals surface area contributed by atoms with Gasteiger partial charge in [0, 0.05) is 19.5 Å². The van der Waals surface area contributed by atoms with Crippen molar-refractivity contribution in [3.8, 4) is 0 Å². The van der Waals surface area contributed by atoms with Gasteiger partial charge >= 0.3 is 0 Å². The van der Waals surface area contributed by atoms with Gasteiger partial charge in [-0.25, -0.2) is 0 Å². The quantitative estimate of drug-likeness (QED) is 0.639. The topological polar surface area (TPSA) is 37.4 Å². The maximum Gasteiger partial charge on any atom is 0.233 e. The number of rotatable bonds is 1. The van der Waals surface area contributed by atoms with Crippen LogP contribution in [0.2, 0.25) is 0 Å². The Morgan fingerprint density at radius 1 is 1.00 bits per heavy atom. The molecule has 1 heterocycles. The van der Waals surface area contributed by atoms with Gasteiger partial charge in [-0.2, -0.15) is 0 Å². The Morgan fingerprint density at radius 3 is 2.31 bits per heavy atom. The third-order valence-electron chi connectivity index (χ3n) is 3.77. The molecule has 2 fully saturated rings. The molecule has 16 heavy (non-hydrogen) atoms. The highest BCUT2D eigenvalue weighted by Gasteiger charge is 2.32. The Balaban J connectivity index is 1.96. The van der Waals surface area contributed by atoms with Crippen LogP contribution in [-0.2, 0) is 9.59 Å². The summed E-state index contributed by atoms with van der Waals surface area (Å²) < 4.78 is 0. The molecule has 1 saturated carbocycles. The van der Waals surface area contributed by atoms with E-state index in [9.17, 15) is 9.59 Å². The molecule has 0 unspecified atom stereocenters. The Morgan fingerprint density at radius 2 is 1.69 bits per heavy atom. The molecule has 1 saturated heterocycles. The van der Waals surface area contributed by atoms with E-state index in [0.717, 1.165) is 45.2 Å². The first-order valence-electron chi connectivity index (χ1n) is 6.60. The fraction of sp³-hybridized carbons (Fsp3) is 0.846. The first-order valence-corrected chi connectivity index (χ1v) is 6.60. The molecule has 0 aromatic heterocycles. The first kappa shape index (κ1) is 11.6. The van der Waals surface area contributed by atoms with Crippen LogP contribution in [0.5, 0.6) is 0 Å². The molecule has 90 valence electrons. The zero-order valence-electron chi connectivity index (χ0n) is 9.91. The standard InChI is InChI=1S/C13H21NO2/c15-12-8-4-3-7-11(12)13(16)14-9-5-1-2-6-10-14/h11H,1-10H2/t11-/m0/s1. The monoisotopic (exact) mass is 223 g/mol. The van der Waals surface area contributed by atoms with Crippen LogP contribution in [0.15, 0.2) is 0 Å². The van der Waals surface area contributed by atoms with Crippen LogP contribution < -0.4 is 0 Å². The SMILES string of the molecule is O=C1CCCC[C@@H]1C(=O)N1CCCCCC1. The van der Waals surface area contributed by atoms with E-state index in [4.69, 9.17) is 0 Å². The molecule has 3 nitrogen and oxygen atoms in total.